The molecule has 9 heteroatoms. The van der Waals surface area contributed by atoms with E-state index in [-0.39, 0.29) is 0 Å². The number of carbonyl (C=O) groups excluding carboxylic acids is 2. The minimum atomic E-state index is -2.23. The minimum absolute atomic E-state index is 0.290. The van der Waals surface area contributed by atoms with Crippen molar-refractivity contribution in [3.05, 3.63) is 52.5 Å². The van der Waals surface area contributed by atoms with E-state index < -0.39 is 17.7 Å². The first-order valence-corrected chi connectivity index (χ1v) is 12.1. The second-order valence-corrected chi connectivity index (χ2v) is 9.41. The Morgan fingerprint density at radius 1 is 1.24 bits per heavy atom. The van der Waals surface area contributed by atoms with Crippen molar-refractivity contribution in [2.45, 2.75) is 31.4 Å². The SMILES string of the molecule is COc1cccc(N2C(=O)Nc3ccc(Br)cc3C2(O)C(=O)NCCC[NH+]2CCCCC2)c1. The fourth-order valence-electron chi connectivity index (χ4n) is 4.60. The van der Waals surface area contributed by atoms with E-state index in [1.165, 1.54) is 39.5 Å². The van der Waals surface area contributed by atoms with Gasteiger partial charge in [-0.2, -0.15) is 0 Å². The van der Waals surface area contributed by atoms with Gasteiger partial charge >= 0.3 is 6.03 Å². The van der Waals surface area contributed by atoms with Crippen LogP contribution in [-0.4, -0.2) is 50.3 Å². The summed E-state index contributed by atoms with van der Waals surface area (Å²) in [5.41, 5.74) is -1.21. The van der Waals surface area contributed by atoms with Crippen LogP contribution in [-0.2, 0) is 10.5 Å². The molecule has 0 saturated carbocycles. The fraction of sp³-hybridized carbons (Fsp3) is 0.417. The summed E-state index contributed by atoms with van der Waals surface area (Å²) in [4.78, 5) is 29.2. The molecule has 3 amide bonds. The van der Waals surface area contributed by atoms with E-state index in [1.807, 2.05) is 0 Å². The second-order valence-electron chi connectivity index (χ2n) is 8.50. The number of likely N-dealkylation sites (tertiary alicyclic amines) is 1. The maximum absolute atomic E-state index is 13.5. The Bertz CT molecular complexity index is 1030. The van der Waals surface area contributed by atoms with Crippen molar-refractivity contribution < 1.29 is 24.3 Å². The van der Waals surface area contributed by atoms with Crippen LogP contribution >= 0.6 is 15.9 Å². The Morgan fingerprint density at radius 3 is 2.79 bits per heavy atom. The molecule has 1 atom stereocenters. The third-order valence-electron chi connectivity index (χ3n) is 6.31. The number of piperidine rings is 1. The van der Waals surface area contributed by atoms with Crippen LogP contribution in [0.5, 0.6) is 5.75 Å². The molecule has 8 nitrogen and oxygen atoms in total. The number of fused-ring (bicyclic) bond motifs is 1. The number of halogens is 1. The predicted molar refractivity (Wildman–Crippen MR) is 130 cm³/mol. The molecule has 0 aliphatic carbocycles. The zero-order chi connectivity index (χ0) is 23.4. The number of urea groups is 1. The number of ether oxygens (including phenoxy) is 1. The highest BCUT2D eigenvalue weighted by Gasteiger charge is 2.52. The number of rotatable bonds is 7. The molecular formula is C24H30BrN4O4+. The third kappa shape index (κ3) is 4.85. The van der Waals surface area contributed by atoms with Gasteiger partial charge in [0, 0.05) is 29.1 Å². The number of hydrogen-bond acceptors (Lipinski definition) is 4. The molecule has 2 aliphatic rings. The van der Waals surface area contributed by atoms with Crippen LogP contribution in [0.4, 0.5) is 16.2 Å². The van der Waals surface area contributed by atoms with Crippen molar-refractivity contribution >= 4 is 39.2 Å². The van der Waals surface area contributed by atoms with Gasteiger partial charge in [-0.3, -0.25) is 9.69 Å². The topological polar surface area (TPSA) is 95.3 Å². The van der Waals surface area contributed by atoms with Gasteiger partial charge in [-0.05, 0) is 49.6 Å². The summed E-state index contributed by atoms with van der Waals surface area (Å²) < 4.78 is 5.97. The molecule has 176 valence electrons. The van der Waals surface area contributed by atoms with E-state index in [4.69, 9.17) is 4.74 Å². The molecule has 4 rings (SSSR count). The predicted octanol–water partition coefficient (Wildman–Crippen LogP) is 2.23. The number of hydrogen-bond donors (Lipinski definition) is 4. The molecule has 1 fully saturated rings. The quantitative estimate of drug-likeness (QED) is 0.423. The number of nitrogens with one attached hydrogen (secondary N) is 3. The van der Waals surface area contributed by atoms with Crippen molar-refractivity contribution in [1.29, 1.82) is 0 Å². The maximum Gasteiger partial charge on any atom is 0.329 e. The zero-order valence-electron chi connectivity index (χ0n) is 18.7. The van der Waals surface area contributed by atoms with Crippen LogP contribution in [0, 0.1) is 0 Å². The molecule has 0 radical (unpaired) electrons. The summed E-state index contributed by atoms with van der Waals surface area (Å²) in [6.07, 6.45) is 4.59. The average Bonchev–Trinajstić information content (AvgIpc) is 2.83. The molecule has 2 aromatic carbocycles. The lowest BCUT2D eigenvalue weighted by molar-refractivity contribution is -0.905. The molecule has 33 heavy (non-hydrogen) atoms. The lowest BCUT2D eigenvalue weighted by Crippen LogP contribution is -3.12. The van der Waals surface area contributed by atoms with Crippen LogP contribution in [0.25, 0.3) is 0 Å². The van der Waals surface area contributed by atoms with Gasteiger partial charge < -0.3 is 25.4 Å². The average molecular weight is 518 g/mol. The van der Waals surface area contributed by atoms with Gasteiger partial charge in [0.05, 0.1) is 38.1 Å². The van der Waals surface area contributed by atoms with Gasteiger partial charge in [0.15, 0.2) is 0 Å². The summed E-state index contributed by atoms with van der Waals surface area (Å²) >= 11 is 3.42. The lowest BCUT2D eigenvalue weighted by Gasteiger charge is -2.42. The molecule has 0 aromatic heterocycles. The van der Waals surface area contributed by atoms with Gasteiger partial charge in [-0.25, -0.2) is 4.79 Å². The molecular weight excluding hydrogens is 488 g/mol. The number of anilines is 2. The smallest absolute Gasteiger partial charge is 0.329 e. The Hall–Kier alpha value is -2.62. The van der Waals surface area contributed by atoms with Crippen LogP contribution in [0.2, 0.25) is 0 Å². The third-order valence-corrected chi connectivity index (χ3v) is 6.80. The minimum Gasteiger partial charge on any atom is -0.497 e. The van der Waals surface area contributed by atoms with Crippen molar-refractivity contribution in [3.63, 3.8) is 0 Å². The highest BCUT2D eigenvalue weighted by atomic mass is 79.9. The summed E-state index contributed by atoms with van der Waals surface area (Å²) in [6, 6.07) is 11.2. The highest BCUT2D eigenvalue weighted by Crippen LogP contribution is 2.41. The first-order valence-electron chi connectivity index (χ1n) is 11.3. The highest BCUT2D eigenvalue weighted by molar-refractivity contribution is 9.10. The Balaban J connectivity index is 1.61. The molecule has 2 heterocycles. The molecule has 1 saturated heterocycles. The first-order chi connectivity index (χ1) is 15.9. The fourth-order valence-corrected chi connectivity index (χ4v) is 4.96. The first kappa shape index (κ1) is 23.5. The van der Waals surface area contributed by atoms with E-state index in [0.29, 0.717) is 33.7 Å². The number of methoxy groups -OCH3 is 1. The Kier molecular flexibility index (Phi) is 7.21. The number of benzene rings is 2. The summed E-state index contributed by atoms with van der Waals surface area (Å²) in [5, 5.41) is 17.5. The largest absolute Gasteiger partial charge is 0.497 e. The van der Waals surface area contributed by atoms with E-state index in [9.17, 15) is 14.7 Å². The molecule has 4 N–H and O–H groups in total. The van der Waals surface area contributed by atoms with Crippen molar-refractivity contribution in [1.82, 2.24) is 5.32 Å². The van der Waals surface area contributed by atoms with Gasteiger partial charge in [-0.15, -0.1) is 0 Å². The summed E-state index contributed by atoms with van der Waals surface area (Å²) in [7, 11) is 1.52. The van der Waals surface area contributed by atoms with Gasteiger partial charge in [0.25, 0.3) is 11.6 Å². The maximum atomic E-state index is 13.5. The molecule has 1 unspecified atom stereocenters. The summed E-state index contributed by atoms with van der Waals surface area (Å²) in [6.45, 7) is 3.73. The normalized spacial score (nSPS) is 20.7. The van der Waals surface area contributed by atoms with E-state index in [2.05, 4.69) is 26.6 Å². The van der Waals surface area contributed by atoms with Crippen molar-refractivity contribution in [2.75, 3.05) is 43.5 Å². The lowest BCUT2D eigenvalue weighted by atomic mass is 9.94. The number of amides is 3. The van der Waals surface area contributed by atoms with Crippen LogP contribution in [0.1, 0.15) is 31.2 Å². The Labute approximate surface area is 202 Å². The van der Waals surface area contributed by atoms with Gasteiger partial charge in [0.2, 0.25) is 0 Å². The van der Waals surface area contributed by atoms with E-state index in [0.717, 1.165) is 17.9 Å². The van der Waals surface area contributed by atoms with Crippen LogP contribution < -0.4 is 25.2 Å². The number of aliphatic hydroxyl groups is 1. The molecule has 2 aromatic rings. The second kappa shape index (κ2) is 10.1. The van der Waals surface area contributed by atoms with Crippen LogP contribution in [0.15, 0.2) is 46.9 Å². The van der Waals surface area contributed by atoms with Crippen LogP contribution in [0.3, 0.4) is 0 Å². The van der Waals surface area contributed by atoms with Gasteiger partial charge in [-0.1, -0.05) is 22.0 Å². The number of quaternary nitrogens is 1. The van der Waals surface area contributed by atoms with E-state index >= 15 is 0 Å². The Morgan fingerprint density at radius 2 is 2.03 bits per heavy atom. The van der Waals surface area contributed by atoms with E-state index in [1.54, 1.807) is 47.4 Å². The van der Waals surface area contributed by atoms with Crippen molar-refractivity contribution in [3.8, 4) is 5.75 Å². The standard InChI is InChI=1S/C24H29BrN4O4/c1-33-19-8-5-7-18(16-19)29-23(31)27-21-10-9-17(25)15-20(21)24(29,32)22(30)26-11-6-14-28-12-3-2-4-13-28/h5,7-10,15-16,32H,2-4,6,11-14H2,1H3,(H,26,30)(H,27,31)/p+1. The monoisotopic (exact) mass is 517 g/mol. The number of nitrogens with zero attached hydrogens (tertiary/aromatic N) is 1. The number of carbonyl (C=O) groups is 2. The molecule has 0 spiro atoms. The van der Waals surface area contributed by atoms with Gasteiger partial charge in [0.1, 0.15) is 5.75 Å². The molecule has 0 bridgehead atoms. The molecule has 2 aliphatic heterocycles. The zero-order valence-corrected chi connectivity index (χ0v) is 20.3. The van der Waals surface area contributed by atoms with Crippen molar-refractivity contribution in [2.24, 2.45) is 0 Å². The summed E-state index contributed by atoms with van der Waals surface area (Å²) in [5.74, 6) is -0.138.